The molecule has 0 saturated carbocycles. The Balaban J connectivity index is 1.04. The van der Waals surface area contributed by atoms with Crippen LogP contribution in [-0.4, -0.2) is 29.9 Å². The second-order valence-electron chi connectivity index (χ2n) is 13.5. The molecule has 0 N–H and O–H groups in total. The van der Waals surface area contributed by atoms with Crippen molar-refractivity contribution >= 4 is 63.0 Å². The van der Waals surface area contributed by atoms with E-state index in [-0.39, 0.29) is 0 Å². The third kappa shape index (κ3) is 5.71. The van der Waals surface area contributed by atoms with Gasteiger partial charge in [-0.25, -0.2) is 29.9 Å². The lowest BCUT2D eigenvalue weighted by molar-refractivity contribution is 1.07. The van der Waals surface area contributed by atoms with Crippen molar-refractivity contribution in [2.75, 3.05) is 0 Å². The SMILES string of the molecule is c1ccc(-c2nc(-c3ccccc3)nc(-c3ccc4c(c3)sc3ccc(-c5nc(-c6ccccc6)nc(-c6cccc7sc8ccccc8c67)n5)cc34)n2)cc1. The number of fused-ring (bicyclic) bond motifs is 6. The van der Waals surface area contributed by atoms with Crippen molar-refractivity contribution in [3.8, 4) is 68.3 Å². The molecule has 0 unspecified atom stereocenters. The number of hydrogen-bond acceptors (Lipinski definition) is 8. The van der Waals surface area contributed by atoms with E-state index in [1.54, 1.807) is 22.7 Å². The number of nitrogens with zero attached hydrogens (tertiary/aromatic N) is 6. The number of aromatic nitrogens is 6. The number of thiophene rings is 2. The van der Waals surface area contributed by atoms with E-state index in [0.29, 0.717) is 34.9 Å². The lowest BCUT2D eigenvalue weighted by atomic mass is 10.0. The molecule has 0 saturated heterocycles. The lowest BCUT2D eigenvalue weighted by Crippen LogP contribution is -2.00. The summed E-state index contributed by atoms with van der Waals surface area (Å²) in [7, 11) is 0. The normalized spacial score (nSPS) is 11.6. The zero-order valence-corrected chi connectivity index (χ0v) is 31.3. The molecular formula is C48H28N6S2. The Hall–Kier alpha value is -7.00. The Morgan fingerprint density at radius 2 is 0.732 bits per heavy atom. The maximum absolute atomic E-state index is 5.19. The maximum atomic E-state index is 5.19. The van der Waals surface area contributed by atoms with Crippen molar-refractivity contribution < 1.29 is 0 Å². The molecule has 0 fully saturated rings. The van der Waals surface area contributed by atoms with Gasteiger partial charge in [0.1, 0.15) is 0 Å². The van der Waals surface area contributed by atoms with Crippen LogP contribution in [0.3, 0.4) is 0 Å². The highest BCUT2D eigenvalue weighted by Gasteiger charge is 2.19. The van der Waals surface area contributed by atoms with Gasteiger partial charge in [0, 0.05) is 73.7 Å². The molecule has 262 valence electrons. The minimum absolute atomic E-state index is 0.635. The predicted octanol–water partition coefficient (Wildman–Crippen LogP) is 12.8. The molecule has 8 heteroatoms. The first-order chi connectivity index (χ1) is 27.7. The largest absolute Gasteiger partial charge is 0.208 e. The minimum Gasteiger partial charge on any atom is -0.208 e. The van der Waals surface area contributed by atoms with Crippen molar-refractivity contribution in [1.82, 2.24) is 29.9 Å². The van der Waals surface area contributed by atoms with E-state index in [4.69, 9.17) is 29.9 Å². The quantitative estimate of drug-likeness (QED) is 0.168. The summed E-state index contributed by atoms with van der Waals surface area (Å²) >= 11 is 3.55. The fourth-order valence-corrected chi connectivity index (χ4v) is 9.55. The third-order valence-corrected chi connectivity index (χ3v) is 12.3. The van der Waals surface area contributed by atoms with Gasteiger partial charge in [0.2, 0.25) is 0 Å². The zero-order valence-electron chi connectivity index (χ0n) is 29.7. The van der Waals surface area contributed by atoms with E-state index in [1.165, 1.54) is 24.9 Å². The highest BCUT2D eigenvalue weighted by molar-refractivity contribution is 7.26. The highest BCUT2D eigenvalue weighted by Crippen LogP contribution is 2.41. The maximum Gasteiger partial charge on any atom is 0.164 e. The van der Waals surface area contributed by atoms with Crippen LogP contribution in [0, 0.1) is 0 Å². The number of rotatable bonds is 6. The third-order valence-electron chi connectivity index (χ3n) is 10.00. The Labute approximate surface area is 329 Å². The number of benzene rings is 7. The van der Waals surface area contributed by atoms with E-state index in [9.17, 15) is 0 Å². The molecule has 0 aliphatic carbocycles. The van der Waals surface area contributed by atoms with Crippen molar-refractivity contribution in [3.05, 3.63) is 170 Å². The number of hydrogen-bond donors (Lipinski definition) is 0. The molecule has 0 amide bonds. The van der Waals surface area contributed by atoms with Gasteiger partial charge < -0.3 is 0 Å². The first-order valence-electron chi connectivity index (χ1n) is 18.3. The van der Waals surface area contributed by atoms with Gasteiger partial charge >= 0.3 is 0 Å². The van der Waals surface area contributed by atoms with Crippen LogP contribution in [0.1, 0.15) is 0 Å². The molecule has 11 aromatic rings. The summed E-state index contributed by atoms with van der Waals surface area (Å²) in [4.78, 5) is 30.2. The summed E-state index contributed by atoms with van der Waals surface area (Å²) in [5.74, 6) is 3.86. The van der Waals surface area contributed by atoms with Gasteiger partial charge in [0.05, 0.1) is 0 Å². The van der Waals surface area contributed by atoms with Gasteiger partial charge in [-0.2, -0.15) is 0 Å². The summed E-state index contributed by atoms with van der Waals surface area (Å²) in [6.45, 7) is 0. The first-order valence-corrected chi connectivity index (χ1v) is 19.9. The summed E-state index contributed by atoms with van der Waals surface area (Å²) in [6.07, 6.45) is 0. The van der Waals surface area contributed by atoms with Crippen molar-refractivity contribution in [2.45, 2.75) is 0 Å². The van der Waals surface area contributed by atoms with Gasteiger partial charge in [0.15, 0.2) is 34.9 Å². The molecule has 7 aromatic carbocycles. The van der Waals surface area contributed by atoms with Gasteiger partial charge in [-0.05, 0) is 36.4 Å². The molecule has 0 atom stereocenters. The molecule has 0 aliphatic rings. The Kier molecular flexibility index (Phi) is 7.75. The summed E-state index contributed by atoms with van der Waals surface area (Å²) < 4.78 is 4.78. The van der Waals surface area contributed by atoms with Crippen LogP contribution in [0.15, 0.2) is 170 Å². The second-order valence-corrected chi connectivity index (χ2v) is 15.7. The predicted molar refractivity (Wildman–Crippen MR) is 232 cm³/mol. The van der Waals surface area contributed by atoms with E-state index < -0.39 is 0 Å². The van der Waals surface area contributed by atoms with Crippen LogP contribution >= 0.6 is 22.7 Å². The molecule has 0 spiro atoms. The van der Waals surface area contributed by atoms with Gasteiger partial charge in [-0.1, -0.05) is 133 Å². The lowest BCUT2D eigenvalue weighted by Gasteiger charge is -2.10. The fraction of sp³-hybridized carbons (Fsp3) is 0. The van der Waals surface area contributed by atoms with Crippen LogP contribution in [0.5, 0.6) is 0 Å². The zero-order chi connectivity index (χ0) is 37.0. The average Bonchev–Trinajstić information content (AvgIpc) is 3.85. The van der Waals surface area contributed by atoms with E-state index in [2.05, 4.69) is 91.0 Å². The molecule has 6 nitrogen and oxygen atoms in total. The van der Waals surface area contributed by atoms with Crippen LogP contribution < -0.4 is 0 Å². The van der Waals surface area contributed by atoms with Crippen molar-refractivity contribution in [1.29, 1.82) is 0 Å². The van der Waals surface area contributed by atoms with Gasteiger partial charge in [-0.15, -0.1) is 22.7 Å². The molecule has 4 heterocycles. The van der Waals surface area contributed by atoms with E-state index in [0.717, 1.165) is 48.9 Å². The van der Waals surface area contributed by atoms with Crippen LogP contribution in [0.2, 0.25) is 0 Å². The molecule has 4 aromatic heterocycles. The molecule has 0 bridgehead atoms. The minimum atomic E-state index is 0.635. The van der Waals surface area contributed by atoms with E-state index in [1.807, 2.05) is 78.9 Å². The van der Waals surface area contributed by atoms with Crippen LogP contribution in [-0.2, 0) is 0 Å². The van der Waals surface area contributed by atoms with Gasteiger partial charge in [0.25, 0.3) is 0 Å². The molecule has 0 radical (unpaired) electrons. The van der Waals surface area contributed by atoms with E-state index >= 15 is 0 Å². The highest BCUT2D eigenvalue weighted by atomic mass is 32.1. The smallest absolute Gasteiger partial charge is 0.164 e. The van der Waals surface area contributed by atoms with Crippen LogP contribution in [0.4, 0.5) is 0 Å². The Bertz CT molecular complexity index is 3190. The van der Waals surface area contributed by atoms with Gasteiger partial charge in [-0.3, -0.25) is 0 Å². The van der Waals surface area contributed by atoms with Crippen LogP contribution in [0.25, 0.3) is 109 Å². The summed E-state index contributed by atoms with van der Waals surface area (Å²) in [6, 6.07) is 58.2. The molecule has 11 rings (SSSR count). The molecule has 0 aliphatic heterocycles. The monoisotopic (exact) mass is 752 g/mol. The van der Waals surface area contributed by atoms with Crippen molar-refractivity contribution in [3.63, 3.8) is 0 Å². The second kappa shape index (κ2) is 13.4. The summed E-state index contributed by atoms with van der Waals surface area (Å²) in [5.41, 5.74) is 5.70. The topological polar surface area (TPSA) is 77.3 Å². The first kappa shape index (κ1) is 32.4. The van der Waals surface area contributed by atoms with Crippen molar-refractivity contribution in [2.24, 2.45) is 0 Å². The fourth-order valence-electron chi connectivity index (χ4n) is 7.30. The standard InChI is InChI=1S/C48H28N6S2/c1-4-13-29(14-5-1)43-49-44(30-15-6-2-7-16-30)51-47(50-43)33-23-25-34-37-27-32(24-26-39(37)56-41(34)28-33)46-52-45(31-17-8-3-9-18-31)53-48(54-46)36-20-12-22-40-42(36)35-19-10-11-21-38(35)55-40/h1-28H. The Morgan fingerprint density at radius 1 is 0.268 bits per heavy atom. The molecule has 56 heavy (non-hydrogen) atoms. The molecular weight excluding hydrogens is 725 g/mol. The summed E-state index contributed by atoms with van der Waals surface area (Å²) in [5, 5.41) is 4.68. The Morgan fingerprint density at radius 3 is 1.36 bits per heavy atom. The average molecular weight is 753 g/mol.